The molecule has 3 aromatic rings. The summed E-state index contributed by atoms with van der Waals surface area (Å²) < 4.78 is 16.3. The van der Waals surface area contributed by atoms with Crippen LogP contribution in [0.5, 0.6) is 0 Å². The van der Waals surface area contributed by atoms with Crippen molar-refractivity contribution in [3.8, 4) is 0 Å². The lowest BCUT2D eigenvalue weighted by Crippen LogP contribution is -2.18. The molecule has 2 N–H and O–H groups in total. The Labute approximate surface area is 161 Å². The van der Waals surface area contributed by atoms with Crippen molar-refractivity contribution < 1.29 is 19.1 Å². The van der Waals surface area contributed by atoms with Gasteiger partial charge in [-0.05, 0) is 46.6 Å². The Kier molecular flexibility index (Phi) is 5.36. The van der Waals surface area contributed by atoms with Crippen molar-refractivity contribution >= 4 is 33.6 Å². The van der Waals surface area contributed by atoms with Crippen molar-refractivity contribution in [3.05, 3.63) is 64.3 Å². The summed E-state index contributed by atoms with van der Waals surface area (Å²) in [5, 5.41) is 19.9. The molecule has 8 nitrogen and oxygen atoms in total. The standard InChI is InChI=1S/C17H15BrFN5O3/c1-10(17(26)27)24-7-6-14(21-24)16(25)20-15-13(18)9-23(22-15)8-11-2-4-12(19)5-3-11/h2-7,9-10H,8H2,1H3,(H,26,27)(H,20,22,25). The second-order valence-electron chi connectivity index (χ2n) is 5.80. The van der Waals surface area contributed by atoms with Crippen LogP contribution < -0.4 is 5.32 Å². The number of halogens is 2. The predicted molar refractivity (Wildman–Crippen MR) is 98.0 cm³/mol. The molecule has 140 valence electrons. The minimum atomic E-state index is -1.05. The molecule has 2 aromatic heterocycles. The van der Waals surface area contributed by atoms with E-state index >= 15 is 0 Å². The molecule has 0 saturated carbocycles. The first-order chi connectivity index (χ1) is 12.8. The van der Waals surface area contributed by atoms with Crippen LogP contribution >= 0.6 is 15.9 Å². The average molecular weight is 436 g/mol. The van der Waals surface area contributed by atoms with Gasteiger partial charge in [0, 0.05) is 12.4 Å². The number of benzene rings is 1. The fraction of sp³-hybridized carbons (Fsp3) is 0.176. The SMILES string of the molecule is CC(C(=O)O)n1ccc(C(=O)Nc2nn(Cc3ccc(F)cc3)cc2Br)n1. The van der Waals surface area contributed by atoms with Crippen molar-refractivity contribution in [2.75, 3.05) is 5.32 Å². The highest BCUT2D eigenvalue weighted by Crippen LogP contribution is 2.21. The Morgan fingerprint density at radius 2 is 1.96 bits per heavy atom. The van der Waals surface area contributed by atoms with Crippen LogP contribution in [0.4, 0.5) is 10.2 Å². The summed E-state index contributed by atoms with van der Waals surface area (Å²) in [4.78, 5) is 23.3. The van der Waals surface area contributed by atoms with Crippen molar-refractivity contribution in [1.29, 1.82) is 0 Å². The zero-order chi connectivity index (χ0) is 19.6. The molecule has 27 heavy (non-hydrogen) atoms. The molecule has 1 amide bonds. The minimum Gasteiger partial charge on any atom is -0.480 e. The molecule has 0 aliphatic rings. The van der Waals surface area contributed by atoms with E-state index in [0.29, 0.717) is 16.8 Å². The molecule has 0 spiro atoms. The summed E-state index contributed by atoms with van der Waals surface area (Å²) in [7, 11) is 0. The molecule has 1 unspecified atom stereocenters. The monoisotopic (exact) mass is 435 g/mol. The molecule has 0 aliphatic carbocycles. The highest BCUT2D eigenvalue weighted by Gasteiger charge is 2.18. The van der Waals surface area contributed by atoms with Gasteiger partial charge in [-0.15, -0.1) is 0 Å². The number of nitrogens with one attached hydrogen (secondary N) is 1. The first-order valence-corrected chi connectivity index (χ1v) is 8.69. The lowest BCUT2D eigenvalue weighted by molar-refractivity contribution is -0.140. The van der Waals surface area contributed by atoms with Crippen LogP contribution in [0.3, 0.4) is 0 Å². The number of carbonyl (C=O) groups is 2. The van der Waals surface area contributed by atoms with Crippen molar-refractivity contribution in [1.82, 2.24) is 19.6 Å². The van der Waals surface area contributed by atoms with E-state index in [1.54, 1.807) is 23.0 Å². The van der Waals surface area contributed by atoms with Gasteiger partial charge in [-0.3, -0.25) is 14.2 Å². The van der Waals surface area contributed by atoms with Gasteiger partial charge in [0.05, 0.1) is 11.0 Å². The summed E-state index contributed by atoms with van der Waals surface area (Å²) in [5.41, 5.74) is 0.925. The van der Waals surface area contributed by atoms with Gasteiger partial charge in [0.1, 0.15) is 11.9 Å². The second kappa shape index (κ2) is 7.70. The molecule has 1 atom stereocenters. The number of carboxylic acid groups (broad SMARTS) is 1. The summed E-state index contributed by atoms with van der Waals surface area (Å²) in [6.07, 6.45) is 3.11. The van der Waals surface area contributed by atoms with E-state index in [1.165, 1.54) is 36.0 Å². The molecule has 1 aromatic carbocycles. The van der Waals surface area contributed by atoms with Crippen LogP contribution in [0.1, 0.15) is 29.0 Å². The number of aromatic nitrogens is 4. The van der Waals surface area contributed by atoms with Gasteiger partial charge in [0.25, 0.3) is 5.91 Å². The van der Waals surface area contributed by atoms with Gasteiger partial charge >= 0.3 is 5.97 Å². The fourth-order valence-corrected chi connectivity index (χ4v) is 2.71. The molecule has 0 bridgehead atoms. The third-order valence-corrected chi connectivity index (χ3v) is 4.38. The van der Waals surface area contributed by atoms with Crippen molar-refractivity contribution in [2.45, 2.75) is 19.5 Å². The molecule has 10 heteroatoms. The van der Waals surface area contributed by atoms with E-state index in [-0.39, 0.29) is 11.5 Å². The lowest BCUT2D eigenvalue weighted by Gasteiger charge is -2.05. The predicted octanol–water partition coefficient (Wildman–Crippen LogP) is 2.93. The smallest absolute Gasteiger partial charge is 0.328 e. The average Bonchev–Trinajstić information content (AvgIpc) is 3.24. The first-order valence-electron chi connectivity index (χ1n) is 7.90. The number of rotatable bonds is 6. The highest BCUT2D eigenvalue weighted by molar-refractivity contribution is 9.10. The Hall–Kier alpha value is -3.01. The number of nitrogens with zero attached hydrogens (tertiary/aromatic N) is 4. The topological polar surface area (TPSA) is 102 Å². The summed E-state index contributed by atoms with van der Waals surface area (Å²) in [5.74, 6) is -1.58. The lowest BCUT2D eigenvalue weighted by atomic mass is 10.2. The number of aliphatic carboxylic acids is 1. The number of hydrogen-bond acceptors (Lipinski definition) is 4. The van der Waals surface area contributed by atoms with Crippen LogP contribution in [-0.4, -0.2) is 36.5 Å². The summed E-state index contributed by atoms with van der Waals surface area (Å²) in [6, 6.07) is 6.58. The van der Waals surface area contributed by atoms with Crippen LogP contribution in [0.25, 0.3) is 0 Å². The van der Waals surface area contributed by atoms with Gasteiger partial charge in [0.2, 0.25) is 0 Å². The number of carbonyl (C=O) groups excluding carboxylic acids is 1. The maximum Gasteiger partial charge on any atom is 0.328 e. The number of carboxylic acids is 1. The van der Waals surface area contributed by atoms with Gasteiger partial charge in [-0.2, -0.15) is 10.2 Å². The number of amides is 1. The van der Waals surface area contributed by atoms with Crippen LogP contribution in [0, 0.1) is 5.82 Å². The van der Waals surface area contributed by atoms with E-state index in [2.05, 4.69) is 31.4 Å². The third kappa shape index (κ3) is 4.40. The zero-order valence-electron chi connectivity index (χ0n) is 14.1. The van der Waals surface area contributed by atoms with Crippen molar-refractivity contribution in [3.63, 3.8) is 0 Å². The normalized spacial score (nSPS) is 12.0. The molecule has 0 fully saturated rings. The highest BCUT2D eigenvalue weighted by atomic mass is 79.9. The fourth-order valence-electron chi connectivity index (χ4n) is 2.30. The molecule has 2 heterocycles. The quantitative estimate of drug-likeness (QED) is 0.619. The van der Waals surface area contributed by atoms with E-state index in [4.69, 9.17) is 5.11 Å². The van der Waals surface area contributed by atoms with Crippen LogP contribution in [0.15, 0.2) is 47.2 Å². The van der Waals surface area contributed by atoms with Crippen LogP contribution in [-0.2, 0) is 11.3 Å². The van der Waals surface area contributed by atoms with Gasteiger partial charge in [-0.25, -0.2) is 9.18 Å². The summed E-state index contributed by atoms with van der Waals surface area (Å²) in [6.45, 7) is 1.87. The third-order valence-electron chi connectivity index (χ3n) is 3.80. The van der Waals surface area contributed by atoms with E-state index in [1.807, 2.05) is 0 Å². The Balaban J connectivity index is 1.70. The Bertz CT molecular complexity index is 983. The van der Waals surface area contributed by atoms with Crippen LogP contribution in [0.2, 0.25) is 0 Å². The largest absolute Gasteiger partial charge is 0.480 e. The van der Waals surface area contributed by atoms with Gasteiger partial charge < -0.3 is 10.4 Å². The van der Waals surface area contributed by atoms with E-state index in [0.717, 1.165) is 5.56 Å². The maximum absolute atomic E-state index is 13.0. The second-order valence-corrected chi connectivity index (χ2v) is 6.65. The molecule has 3 rings (SSSR count). The van der Waals surface area contributed by atoms with Gasteiger partial charge in [0.15, 0.2) is 11.5 Å². The molecule has 0 saturated heterocycles. The van der Waals surface area contributed by atoms with Crippen molar-refractivity contribution in [2.24, 2.45) is 0 Å². The molecular weight excluding hydrogens is 421 g/mol. The Morgan fingerprint density at radius 1 is 1.26 bits per heavy atom. The van der Waals surface area contributed by atoms with Gasteiger partial charge in [-0.1, -0.05) is 12.1 Å². The van der Waals surface area contributed by atoms with E-state index in [9.17, 15) is 14.0 Å². The first kappa shape index (κ1) is 18.8. The van der Waals surface area contributed by atoms with E-state index < -0.39 is 17.9 Å². The summed E-state index contributed by atoms with van der Waals surface area (Å²) >= 11 is 3.33. The number of anilines is 1. The molecular formula is C17H15BrFN5O3. The zero-order valence-corrected chi connectivity index (χ0v) is 15.7. The molecule has 0 radical (unpaired) electrons. The number of hydrogen-bond donors (Lipinski definition) is 2. The maximum atomic E-state index is 13.0. The Morgan fingerprint density at radius 3 is 2.63 bits per heavy atom. The molecule has 0 aliphatic heterocycles. The minimum absolute atomic E-state index is 0.0723.